The predicted octanol–water partition coefficient (Wildman–Crippen LogP) is 7.16. The number of piperidine rings is 1. The Kier molecular flexibility index (Phi) is 36.3. The molecule has 0 bridgehead atoms. The van der Waals surface area contributed by atoms with Crippen LogP contribution in [0.4, 0.5) is 13.2 Å². The van der Waals surface area contributed by atoms with E-state index >= 15 is 66.3 Å². The number of aromatic hydroxyl groups is 2. The van der Waals surface area contributed by atoms with Crippen LogP contribution in [-0.2, 0) is 110 Å². The average Bonchev–Trinajstić information content (AvgIpc) is 1.72. The first kappa shape index (κ1) is 103. The number of Topliss-reactive ketones (excluding diaryl/α,β-unsaturated/α-hetero) is 2. The quantitative estimate of drug-likeness (QED) is 0.0301. The van der Waals surface area contributed by atoms with E-state index < -0.39 is 227 Å². The number of amides is 13. The number of thioether (sulfide) groups is 1. The maximum atomic E-state index is 15.9. The number of ketones is 2. The zero-order valence-corrected chi connectivity index (χ0v) is 78.2. The Morgan fingerprint density at radius 3 is 1.59 bits per heavy atom. The average molecular weight is 1880 g/mol. The van der Waals surface area contributed by atoms with E-state index in [1.54, 1.807) is 131 Å². The molecule has 0 aliphatic carbocycles. The van der Waals surface area contributed by atoms with E-state index in [1.165, 1.54) is 82.0 Å². The van der Waals surface area contributed by atoms with Crippen molar-refractivity contribution in [2.75, 3.05) is 52.3 Å². The van der Waals surface area contributed by atoms with E-state index in [1.807, 2.05) is 6.92 Å². The molecular weight excluding hydrogens is 1760 g/mol. The molecule has 11 rings (SSSR count). The number of nitrogens with one attached hydrogen (secondary N) is 7. The summed E-state index contributed by atoms with van der Waals surface area (Å²) >= 11 is 0.747. The lowest BCUT2D eigenvalue weighted by atomic mass is 9.84. The van der Waals surface area contributed by atoms with Gasteiger partial charge in [-0.25, -0.2) is 13.2 Å². The third-order valence-corrected chi connectivity index (χ3v) is 26.9. The fourth-order valence-corrected chi connectivity index (χ4v) is 19.0. The maximum absolute atomic E-state index is 15.9. The molecule has 1 aromatic heterocycles. The lowest BCUT2D eigenvalue weighted by Gasteiger charge is -2.44. The monoisotopic (exact) mass is 1880 g/mol. The van der Waals surface area contributed by atoms with Gasteiger partial charge in [0.25, 0.3) is 0 Å². The number of unbranched alkanes of at least 4 members (excludes halogenated alkanes) is 1. The summed E-state index contributed by atoms with van der Waals surface area (Å²) in [5.74, 6) is -20.2. The summed E-state index contributed by atoms with van der Waals surface area (Å²) in [7, 11) is 4.07. The van der Waals surface area contributed by atoms with Crippen LogP contribution in [0.25, 0.3) is 10.9 Å². The number of halogens is 3. The number of H-pyrrole nitrogens is 1. The van der Waals surface area contributed by atoms with Crippen LogP contribution in [0.5, 0.6) is 11.5 Å². The molecule has 31 nitrogen and oxygen atoms in total. The molecule has 11 N–H and O–H groups in total. The van der Waals surface area contributed by atoms with Gasteiger partial charge in [-0.1, -0.05) is 151 Å². The molecule has 35 heteroatoms. The molecule has 0 saturated carbocycles. The number of phenolic OH excluding ortho intramolecular Hbond substituents is 2. The lowest BCUT2D eigenvalue weighted by molar-refractivity contribution is -0.157. The number of hydrogen-bond donors (Lipinski definition) is 10. The summed E-state index contributed by atoms with van der Waals surface area (Å²) in [6.07, 6.45) is 0.869. The second kappa shape index (κ2) is 47.8. The molecule has 13 amide bonds. The highest BCUT2D eigenvalue weighted by atomic mass is 32.2. The summed E-state index contributed by atoms with van der Waals surface area (Å²) < 4.78 is 45.2. The van der Waals surface area contributed by atoms with E-state index in [0.717, 1.165) is 16.7 Å². The third kappa shape index (κ3) is 27.0. The van der Waals surface area contributed by atoms with E-state index in [9.17, 15) is 29.0 Å². The van der Waals surface area contributed by atoms with Gasteiger partial charge in [0.1, 0.15) is 71.9 Å². The number of carbonyl (C=O) groups is 15. The number of aromatic amines is 1. The number of phenols is 2. The Morgan fingerprint density at radius 1 is 0.474 bits per heavy atom. The van der Waals surface area contributed by atoms with Gasteiger partial charge in [-0.05, 0) is 139 Å². The number of nitrogens with zero attached hydrogens (tertiary/aromatic N) is 6. The first-order valence-electron chi connectivity index (χ1n) is 46.2. The molecule has 7 aromatic rings. The SMILES string of the molecule is CCCC[C@H]1C(=O)N2CCC[C@@H]2C(=O)N2CC[C@H]2C(=O)C[C@@H](C(C)C)C(=O)N(C)[C@@H](Cc2ccccc2)C(=O)N[C@@H](Cc2ccc(O)cc2)C(=O)N2CCCC[C@@H]2C(=O)N[C@@H](Cc2c[nH]c3ccccc23)C(=O)N[C@@H](Cc2ccc(O)cc2)C(=O)N[C@@H](CC(C)C)C(=O)N[C@H](C(=O)CCC(N)=O)CSCC(=O)N[C@@H](Cc2cc(F)c(F)c(F)c2)C(=O)N(C)[C@@H](Cc2ccccc2)C(=O)N1C. The van der Waals surface area contributed by atoms with Crippen molar-refractivity contribution in [3.05, 3.63) is 203 Å². The minimum atomic E-state index is -1.83. The fraction of sp³-hybridized carbons (Fsp3) is 0.470. The number of aromatic nitrogens is 1. The molecule has 5 heterocycles. The Balaban J connectivity index is 0.981. The molecule has 0 radical (unpaired) electrons. The van der Waals surface area contributed by atoms with Crippen LogP contribution in [0.15, 0.2) is 152 Å². The molecule has 4 aliphatic rings. The van der Waals surface area contributed by atoms with Gasteiger partial charge in [-0.3, -0.25) is 71.9 Å². The minimum Gasteiger partial charge on any atom is -0.508 e. The van der Waals surface area contributed by atoms with Crippen molar-refractivity contribution in [1.29, 1.82) is 0 Å². The van der Waals surface area contributed by atoms with Crippen LogP contribution in [0, 0.1) is 35.2 Å². The summed E-state index contributed by atoms with van der Waals surface area (Å²) in [5.41, 5.74) is 8.41. The molecule has 135 heavy (non-hydrogen) atoms. The highest BCUT2D eigenvalue weighted by Gasteiger charge is 2.49. The summed E-state index contributed by atoms with van der Waals surface area (Å²) in [6.45, 7) is 8.99. The molecule has 0 spiro atoms. The fourth-order valence-electron chi connectivity index (χ4n) is 18.1. The number of fused-ring (bicyclic) bond motifs is 4. The van der Waals surface area contributed by atoms with Crippen molar-refractivity contribution in [3.8, 4) is 11.5 Å². The van der Waals surface area contributed by atoms with E-state index in [-0.39, 0.29) is 107 Å². The number of likely N-dealkylation sites (N-methyl/N-ethyl adjacent to an activating group) is 3. The van der Waals surface area contributed by atoms with Gasteiger partial charge in [0, 0.05) is 127 Å². The van der Waals surface area contributed by atoms with Crippen LogP contribution in [0.2, 0.25) is 0 Å². The number of primary amides is 1. The van der Waals surface area contributed by atoms with E-state index in [4.69, 9.17) is 5.73 Å². The van der Waals surface area contributed by atoms with Gasteiger partial charge in [0.05, 0.1) is 17.8 Å². The Bertz CT molecular complexity index is 5400. The van der Waals surface area contributed by atoms with Crippen molar-refractivity contribution in [1.82, 2.24) is 66.3 Å². The van der Waals surface area contributed by atoms with Crippen molar-refractivity contribution in [2.24, 2.45) is 23.5 Å². The molecule has 6 aromatic carbocycles. The van der Waals surface area contributed by atoms with Crippen LogP contribution in [-0.4, -0.2) is 258 Å². The normalized spacial score (nSPS) is 24.0. The lowest BCUT2D eigenvalue weighted by Crippen LogP contribution is -2.62. The molecular formula is C100H123F3N14O17S. The highest BCUT2D eigenvalue weighted by molar-refractivity contribution is 8.00. The second-order valence-electron chi connectivity index (χ2n) is 36.4. The van der Waals surface area contributed by atoms with Gasteiger partial charge in [-0.2, -0.15) is 0 Å². The van der Waals surface area contributed by atoms with Gasteiger partial charge in [0.2, 0.25) is 76.8 Å². The van der Waals surface area contributed by atoms with Crippen LogP contribution < -0.4 is 37.6 Å². The number of rotatable bonds is 22. The zero-order chi connectivity index (χ0) is 97.6. The van der Waals surface area contributed by atoms with E-state index in [2.05, 4.69) is 36.9 Å². The second-order valence-corrected chi connectivity index (χ2v) is 37.4. The standard InChI is InChI=1S/C100H123F3N14O17S/c1-9-10-28-81-99(133)116-43-21-30-82(116)100(134)117-44-41-79(117)86(121)54-69(59(4)5)95(129)113(7)83(51-60-22-13-11-14-23-60)94(128)110-77(49-63-33-37-67(119)38-34-63)97(131)115-42-20-19-29-80(115)93(127)109-75(53-65-55-105-72-27-18-17-26-68(65)72)92(126)108-74(48-62-31-35-66(118)36-32-62)91(125)107-73(45-58(2)3)90(124)111-78(85(120)39-40-87(104)122)56-135-57-88(123)106-76(50-64-46-70(101)89(103)71(102)47-64)96(130)114(8)84(98(132)112(81)6)52-61-24-15-12-16-25-61/h11-18,22-27,31-38,46-47,55,58-59,69,73-84,105,118-119H,9-10,19-21,28-30,39-45,48-54,56-57H2,1-8H3,(H2,104,122)(H,106,123)(H,107,125)(H,108,126)(H,109,127)(H,110,128)(H,111,124)/t69-,73-,74-,75-,76-,77-,78-,79-,80+,81-,82+,83-,84-/m0/s1. The molecule has 4 aliphatic heterocycles. The molecule has 4 fully saturated rings. The van der Waals surface area contributed by atoms with Crippen molar-refractivity contribution >= 4 is 111 Å². The smallest absolute Gasteiger partial charge is 0.246 e. The molecule has 4 saturated heterocycles. The Hall–Kier alpha value is -13.0. The van der Waals surface area contributed by atoms with Gasteiger partial charge < -0.3 is 82.2 Å². The summed E-state index contributed by atoms with van der Waals surface area (Å²) in [4.78, 5) is 238. The Labute approximate surface area is 787 Å². The number of benzene rings is 6. The largest absolute Gasteiger partial charge is 0.508 e. The number of hydrogen-bond acceptors (Lipinski definition) is 18. The number of carbonyl (C=O) groups excluding carboxylic acids is 15. The van der Waals surface area contributed by atoms with Gasteiger partial charge in [0.15, 0.2) is 29.0 Å². The van der Waals surface area contributed by atoms with Crippen LogP contribution >= 0.6 is 11.8 Å². The number of nitrogens with two attached hydrogens (primary N) is 1. The number of para-hydroxylation sites is 1. The van der Waals surface area contributed by atoms with E-state index in [0.29, 0.717) is 83.0 Å². The summed E-state index contributed by atoms with van der Waals surface area (Å²) in [5, 5.41) is 38.4. The van der Waals surface area contributed by atoms with Gasteiger partial charge >= 0.3 is 0 Å². The first-order valence-corrected chi connectivity index (χ1v) is 47.4. The minimum absolute atomic E-state index is 0.0263. The van der Waals surface area contributed by atoms with Crippen molar-refractivity contribution in [2.45, 2.75) is 229 Å². The molecule has 722 valence electrons. The molecule has 13 atom stereocenters. The summed E-state index contributed by atoms with van der Waals surface area (Å²) in [6, 6.07) is 20.1. The predicted molar refractivity (Wildman–Crippen MR) is 499 cm³/mol. The Morgan fingerprint density at radius 2 is 0.985 bits per heavy atom. The maximum Gasteiger partial charge on any atom is 0.246 e. The van der Waals surface area contributed by atoms with Crippen LogP contribution in [0.3, 0.4) is 0 Å². The highest BCUT2D eigenvalue weighted by Crippen LogP contribution is 2.33. The first-order chi connectivity index (χ1) is 64.5. The van der Waals surface area contributed by atoms with Crippen molar-refractivity contribution in [3.63, 3.8) is 0 Å². The zero-order valence-electron chi connectivity index (χ0n) is 77.4. The molecule has 0 unspecified atom stereocenters. The van der Waals surface area contributed by atoms with Crippen molar-refractivity contribution < 1.29 is 95.3 Å². The van der Waals surface area contributed by atoms with Crippen LogP contribution in [0.1, 0.15) is 151 Å². The topological polar surface area (TPSA) is 430 Å². The third-order valence-electron chi connectivity index (χ3n) is 25.8. The van der Waals surface area contributed by atoms with Gasteiger partial charge in [-0.15, -0.1) is 11.8 Å².